The van der Waals surface area contributed by atoms with E-state index in [1.54, 1.807) is 45.0 Å². The Morgan fingerprint density at radius 1 is 1.00 bits per heavy atom. The maximum atomic E-state index is 13.7. The van der Waals surface area contributed by atoms with Crippen LogP contribution in [0.4, 0.5) is 15.3 Å². The van der Waals surface area contributed by atoms with Crippen LogP contribution in [0.5, 0.6) is 5.75 Å². The van der Waals surface area contributed by atoms with Gasteiger partial charge in [-0.1, -0.05) is 13.8 Å². The van der Waals surface area contributed by atoms with Crippen LogP contribution in [-0.2, 0) is 59.2 Å². The van der Waals surface area contributed by atoms with Gasteiger partial charge in [0.05, 0.1) is 36.8 Å². The summed E-state index contributed by atoms with van der Waals surface area (Å²) in [6.07, 6.45) is -1.57. The summed E-state index contributed by atoms with van der Waals surface area (Å²) in [4.78, 5) is 125. The molecule has 0 aromatic heterocycles. The van der Waals surface area contributed by atoms with E-state index in [0.29, 0.717) is 17.7 Å². The molecule has 0 radical (unpaired) electrons. The Balaban J connectivity index is 1.98. The second kappa shape index (κ2) is 29.4. The molecule has 1 aromatic carbocycles. The van der Waals surface area contributed by atoms with Crippen LogP contribution in [0.3, 0.4) is 0 Å². The Labute approximate surface area is 382 Å². The van der Waals surface area contributed by atoms with E-state index >= 15 is 0 Å². The van der Waals surface area contributed by atoms with E-state index in [1.165, 1.54) is 20.0 Å². The summed E-state index contributed by atoms with van der Waals surface area (Å²) >= 11 is 1.05. The first-order valence-electron chi connectivity index (χ1n) is 20.9. The summed E-state index contributed by atoms with van der Waals surface area (Å²) in [6, 6.07) is 3.12. The van der Waals surface area contributed by atoms with Crippen molar-refractivity contribution in [3.05, 3.63) is 23.8 Å². The number of carbonyl (C=O) groups is 10. The Morgan fingerprint density at radius 3 is 2.38 bits per heavy atom. The van der Waals surface area contributed by atoms with Gasteiger partial charge < -0.3 is 61.5 Å². The molecule has 8 N–H and O–H groups in total. The van der Waals surface area contributed by atoms with Crippen molar-refractivity contribution in [2.24, 2.45) is 17.6 Å². The fourth-order valence-electron chi connectivity index (χ4n) is 6.23. The van der Waals surface area contributed by atoms with Crippen molar-refractivity contribution >= 4 is 77.3 Å². The first kappa shape index (κ1) is 55.1. The third-order valence-electron chi connectivity index (χ3n) is 9.39. The average molecular weight is 938 g/mol. The number of hydrogen-bond donors (Lipinski definition) is 7. The number of alkyl carbamates (subject to hydrolysis) is 1. The van der Waals surface area contributed by atoms with Gasteiger partial charge >= 0.3 is 12.1 Å². The molecule has 24 heteroatoms. The fraction of sp³-hybridized carbons (Fsp3) is 0.610. The van der Waals surface area contributed by atoms with Crippen LogP contribution < -0.4 is 42.4 Å². The van der Waals surface area contributed by atoms with Crippen LogP contribution in [0.1, 0.15) is 58.4 Å². The summed E-state index contributed by atoms with van der Waals surface area (Å²) in [5, 5.41) is 14.7. The molecule has 23 nitrogen and oxygen atoms in total. The lowest BCUT2D eigenvalue weighted by atomic mass is 9.89. The lowest BCUT2D eigenvalue weighted by molar-refractivity contribution is -0.139. The minimum Gasteiger partial charge on any atom is -0.491 e. The van der Waals surface area contributed by atoms with Crippen LogP contribution in [0.2, 0.25) is 0 Å². The number of ketones is 1. The van der Waals surface area contributed by atoms with Gasteiger partial charge in [-0.2, -0.15) is 0 Å². The van der Waals surface area contributed by atoms with Crippen molar-refractivity contribution in [1.82, 2.24) is 36.4 Å². The number of rotatable bonds is 31. The van der Waals surface area contributed by atoms with Gasteiger partial charge in [0, 0.05) is 76.1 Å². The van der Waals surface area contributed by atoms with E-state index in [-0.39, 0.29) is 114 Å². The molecule has 1 saturated heterocycles. The topological polar surface area (TPSA) is 312 Å². The quantitative estimate of drug-likeness (QED) is 0.0216. The number of amides is 9. The molecule has 4 atom stereocenters. The first-order chi connectivity index (χ1) is 30.8. The summed E-state index contributed by atoms with van der Waals surface area (Å²) in [6.45, 7) is 5.19. The van der Waals surface area contributed by atoms with Gasteiger partial charge in [0.1, 0.15) is 19.0 Å². The summed E-state index contributed by atoms with van der Waals surface area (Å²) in [5.41, 5.74) is 5.95. The summed E-state index contributed by atoms with van der Waals surface area (Å²) < 4.78 is 21.5. The number of Topliss-reactive ketones (excluding diaryl/α,β-unsaturated/α-hetero) is 1. The molecule has 0 saturated carbocycles. The second-order valence-corrected chi connectivity index (χ2v) is 16.6. The Bertz CT molecular complexity index is 1820. The number of nitrogens with two attached hydrogens (primary N) is 1. The maximum Gasteiger partial charge on any atom is 0.407 e. The highest BCUT2D eigenvalue weighted by Crippen LogP contribution is 2.27. The van der Waals surface area contributed by atoms with Crippen molar-refractivity contribution < 1.29 is 66.9 Å². The van der Waals surface area contributed by atoms with Gasteiger partial charge in [-0.05, 0) is 45.0 Å². The SMILES string of the molecule is CNC(=O)OCc1ccc(NC(=O)[C@H](CCCNC(N)=O)CC(=O)[C@@H](NC(=O)CN(C)C)C(C)C)cc1OCCOCCNC(=O)CCN1C(=O)CC(SC[C@H](NC(C)=O)OC=O)C1=O. The summed E-state index contributed by atoms with van der Waals surface area (Å²) in [7, 11) is 4.85. The van der Waals surface area contributed by atoms with Gasteiger partial charge in [-0.3, -0.25) is 43.3 Å². The number of urea groups is 1. The number of benzene rings is 1. The molecule has 1 aromatic rings. The number of carbonyl (C=O) groups excluding carboxylic acids is 10. The molecule has 1 unspecified atom stereocenters. The molecule has 9 amide bonds. The third-order valence-corrected chi connectivity index (χ3v) is 10.7. The lowest BCUT2D eigenvalue weighted by Gasteiger charge is -2.24. The molecule has 0 aliphatic carbocycles. The number of primary amides is 1. The highest BCUT2D eigenvalue weighted by molar-refractivity contribution is 8.00. The number of nitrogens with one attached hydrogen (secondary N) is 6. The zero-order valence-corrected chi connectivity index (χ0v) is 38.5. The van der Waals surface area contributed by atoms with Gasteiger partial charge in [0.2, 0.25) is 35.4 Å². The van der Waals surface area contributed by atoms with E-state index in [1.807, 2.05) is 0 Å². The number of ether oxygens (including phenoxy) is 4. The Morgan fingerprint density at radius 2 is 1.74 bits per heavy atom. The zero-order valence-electron chi connectivity index (χ0n) is 37.7. The van der Waals surface area contributed by atoms with Crippen molar-refractivity contribution in [1.29, 1.82) is 0 Å². The predicted molar refractivity (Wildman–Crippen MR) is 236 cm³/mol. The summed E-state index contributed by atoms with van der Waals surface area (Å²) in [5.74, 6) is -3.78. The molecule has 0 bridgehead atoms. The lowest BCUT2D eigenvalue weighted by Crippen LogP contribution is -2.48. The van der Waals surface area contributed by atoms with E-state index in [4.69, 9.17) is 24.7 Å². The molecule has 0 spiro atoms. The molecule has 1 heterocycles. The van der Waals surface area contributed by atoms with Gasteiger partial charge in [0.15, 0.2) is 12.0 Å². The Hall–Kier alpha value is -6.01. The number of nitrogens with zero attached hydrogens (tertiary/aromatic N) is 2. The van der Waals surface area contributed by atoms with E-state index in [2.05, 4.69) is 31.9 Å². The van der Waals surface area contributed by atoms with Crippen molar-refractivity contribution in [2.45, 2.75) is 77.0 Å². The molecule has 2 rings (SSSR count). The van der Waals surface area contributed by atoms with E-state index in [0.717, 1.165) is 16.7 Å². The monoisotopic (exact) mass is 937 g/mol. The number of likely N-dealkylation sites (tertiary alicyclic amines) is 1. The van der Waals surface area contributed by atoms with Crippen LogP contribution in [-0.4, -0.2) is 160 Å². The van der Waals surface area contributed by atoms with Gasteiger partial charge in [-0.25, -0.2) is 9.59 Å². The van der Waals surface area contributed by atoms with Crippen LogP contribution in [0, 0.1) is 11.8 Å². The van der Waals surface area contributed by atoms with Crippen molar-refractivity contribution in [3.63, 3.8) is 0 Å². The molecule has 1 fully saturated rings. The maximum absolute atomic E-state index is 13.7. The molecule has 362 valence electrons. The fourth-order valence-corrected chi connectivity index (χ4v) is 7.33. The van der Waals surface area contributed by atoms with Crippen LogP contribution in [0.15, 0.2) is 18.2 Å². The standard InChI is InChI=1S/C41H63N9O14S/c1-25(2)37(48-34(55)21-49(5)6)30(53)18-27(8-7-12-45-40(42)59)38(57)47-29-10-9-28(22-63-41(60)43-4)31(19-29)62-17-16-61-15-13-44-33(54)11-14-50-36(56)20-32(39(50)58)65-23-35(64-24-51)46-26(3)52/h9-10,19,24-25,27,32,35,37H,7-8,11-18,20-23H2,1-6H3,(H,43,60)(H,44,54)(H,46,52)(H,47,57)(H,48,55)(H3,42,45,59)/t27-,32?,35-,37+/m1/s1. The largest absolute Gasteiger partial charge is 0.491 e. The highest BCUT2D eigenvalue weighted by Gasteiger charge is 2.39. The van der Waals surface area contributed by atoms with Crippen LogP contribution in [0.25, 0.3) is 0 Å². The minimum absolute atomic E-state index is 0.00361. The molecule has 65 heavy (non-hydrogen) atoms. The highest BCUT2D eigenvalue weighted by atomic mass is 32.2. The minimum atomic E-state index is -0.966. The van der Waals surface area contributed by atoms with Gasteiger partial charge in [0.25, 0.3) is 6.47 Å². The normalized spacial score (nSPS) is 14.8. The smallest absolute Gasteiger partial charge is 0.407 e. The van der Waals surface area contributed by atoms with Crippen LogP contribution >= 0.6 is 11.8 Å². The number of imide groups is 1. The third kappa shape index (κ3) is 21.5. The first-order valence-corrected chi connectivity index (χ1v) is 22.0. The number of anilines is 1. The van der Waals surface area contributed by atoms with E-state index in [9.17, 15) is 47.9 Å². The Kier molecular flexibility index (Phi) is 25.0. The second-order valence-electron chi connectivity index (χ2n) is 15.4. The molecule has 1 aliphatic rings. The number of hydrogen-bond acceptors (Lipinski definition) is 16. The predicted octanol–water partition coefficient (Wildman–Crippen LogP) is -0.395. The molecular weight excluding hydrogens is 875 g/mol. The number of likely N-dealkylation sites (N-methyl/N-ethyl adjacent to an activating group) is 1. The molecular formula is C41H63N9O14S. The van der Waals surface area contributed by atoms with Crippen molar-refractivity contribution in [2.75, 3.05) is 78.2 Å². The van der Waals surface area contributed by atoms with E-state index < -0.39 is 65.1 Å². The van der Waals surface area contributed by atoms with Gasteiger partial charge in [-0.15, -0.1) is 11.8 Å². The van der Waals surface area contributed by atoms with Crippen molar-refractivity contribution in [3.8, 4) is 5.75 Å². The zero-order chi connectivity index (χ0) is 48.5. The average Bonchev–Trinajstić information content (AvgIpc) is 3.51. The molecule has 1 aliphatic heterocycles. The number of thioether (sulfide) groups is 1.